The molecule has 0 spiro atoms. The van der Waals surface area contributed by atoms with Crippen molar-refractivity contribution in [1.29, 1.82) is 0 Å². The van der Waals surface area contributed by atoms with Crippen molar-refractivity contribution in [2.75, 3.05) is 18.7 Å². The van der Waals surface area contributed by atoms with Crippen LogP contribution in [0.5, 0.6) is 5.75 Å². The summed E-state index contributed by atoms with van der Waals surface area (Å²) in [6.45, 7) is 4.74. The quantitative estimate of drug-likeness (QED) is 0.150. The van der Waals surface area contributed by atoms with E-state index >= 15 is 0 Å². The van der Waals surface area contributed by atoms with Crippen LogP contribution < -0.4 is 26.9 Å². The van der Waals surface area contributed by atoms with Crippen molar-refractivity contribution in [3.8, 4) is 5.75 Å². The highest BCUT2D eigenvalue weighted by molar-refractivity contribution is 6.02. The summed E-state index contributed by atoms with van der Waals surface area (Å²) >= 11 is 0. The molecule has 0 aliphatic carbocycles. The zero-order chi connectivity index (χ0) is 22.5. The number of aldehydes is 1. The number of nitrogens with one attached hydrogen (secondary N) is 1. The van der Waals surface area contributed by atoms with Crippen molar-refractivity contribution in [2.45, 2.75) is 26.9 Å². The van der Waals surface area contributed by atoms with Crippen molar-refractivity contribution in [3.63, 3.8) is 0 Å². The van der Waals surface area contributed by atoms with Gasteiger partial charge in [-0.05, 0) is 43.7 Å². The number of ether oxygens (including phenoxy) is 2. The van der Waals surface area contributed by atoms with E-state index in [0.29, 0.717) is 28.8 Å². The minimum absolute atomic E-state index is 0.150. The lowest BCUT2D eigenvalue weighted by atomic mass is 10.1. The summed E-state index contributed by atoms with van der Waals surface area (Å²) in [5, 5.41) is 0.896. The largest absolute Gasteiger partial charge is 0.489 e. The summed E-state index contributed by atoms with van der Waals surface area (Å²) in [4.78, 5) is 33.8. The molecule has 2 amide bonds. The van der Waals surface area contributed by atoms with Crippen LogP contribution in [0.15, 0.2) is 42.5 Å². The minimum atomic E-state index is -0.660. The van der Waals surface area contributed by atoms with Gasteiger partial charge in [0.2, 0.25) is 0 Å². The summed E-state index contributed by atoms with van der Waals surface area (Å²) < 4.78 is 10.3. The smallest absolute Gasteiger partial charge is 0.350 e. The molecule has 2 aromatic rings. The number of amides is 2. The number of urea groups is 1. The summed E-state index contributed by atoms with van der Waals surface area (Å²) in [5.41, 5.74) is 4.30. The monoisotopic (exact) mass is 416 g/mol. The van der Waals surface area contributed by atoms with E-state index in [1.807, 2.05) is 12.3 Å². The van der Waals surface area contributed by atoms with E-state index in [9.17, 15) is 14.4 Å². The molecule has 9 heteroatoms. The van der Waals surface area contributed by atoms with Crippen LogP contribution in [0, 0.1) is 6.92 Å². The van der Waals surface area contributed by atoms with Gasteiger partial charge in [0.05, 0.1) is 12.1 Å². The van der Waals surface area contributed by atoms with Gasteiger partial charge in [-0.15, -0.1) is 0 Å². The second-order valence-electron chi connectivity index (χ2n) is 6.09. The Hall–Kier alpha value is -3.27. The minimum Gasteiger partial charge on any atom is -0.489 e. The highest BCUT2D eigenvalue weighted by Gasteiger charge is 2.15. The Balaban J connectivity index is 0.00000103. The van der Waals surface area contributed by atoms with Gasteiger partial charge in [-0.1, -0.05) is 18.2 Å². The fourth-order valence-corrected chi connectivity index (χ4v) is 2.38. The van der Waals surface area contributed by atoms with E-state index in [1.165, 1.54) is 0 Å². The molecule has 9 nitrogen and oxygen atoms in total. The number of ketones is 1. The Bertz CT molecular complexity index is 855. The number of methoxy groups -OCH3 is 1. The van der Waals surface area contributed by atoms with Gasteiger partial charge in [-0.3, -0.25) is 10.2 Å². The van der Waals surface area contributed by atoms with Gasteiger partial charge in [0.25, 0.3) is 0 Å². The lowest BCUT2D eigenvalue weighted by Gasteiger charge is -2.19. The molecule has 162 valence electrons. The molecule has 2 aromatic carbocycles. The first-order valence-electron chi connectivity index (χ1n) is 9.22. The van der Waals surface area contributed by atoms with Crippen molar-refractivity contribution in [3.05, 3.63) is 59.2 Å². The predicted molar refractivity (Wildman–Crippen MR) is 114 cm³/mol. The number of rotatable bonds is 8. The van der Waals surface area contributed by atoms with Crippen LogP contribution in [-0.4, -0.2) is 31.8 Å². The molecule has 0 fully saturated rings. The maximum absolute atomic E-state index is 11.8. The molecule has 0 saturated heterocycles. The SMILES string of the molecule is CCOC.Cc1cc(C(=O)CC=O)ccc1OCc1ccccc1N(N)C(=O)NN. The number of hydrogen-bond acceptors (Lipinski definition) is 7. The molecule has 0 aliphatic heterocycles. The average Bonchev–Trinajstić information content (AvgIpc) is 2.77. The highest BCUT2D eigenvalue weighted by Crippen LogP contribution is 2.24. The lowest BCUT2D eigenvalue weighted by molar-refractivity contribution is -0.107. The lowest BCUT2D eigenvalue weighted by Crippen LogP contribution is -2.48. The Morgan fingerprint density at radius 3 is 2.43 bits per heavy atom. The van der Waals surface area contributed by atoms with Crippen molar-refractivity contribution in [2.24, 2.45) is 11.7 Å². The predicted octanol–water partition coefficient (Wildman–Crippen LogP) is 2.26. The topological polar surface area (TPSA) is 137 Å². The normalized spacial score (nSPS) is 9.77. The number of nitrogens with zero attached hydrogens (tertiary/aromatic N) is 1. The fourth-order valence-electron chi connectivity index (χ4n) is 2.38. The Morgan fingerprint density at radius 1 is 1.20 bits per heavy atom. The van der Waals surface area contributed by atoms with Gasteiger partial charge in [-0.2, -0.15) is 0 Å². The van der Waals surface area contributed by atoms with E-state index < -0.39 is 6.03 Å². The number of aryl methyl sites for hydroxylation is 1. The van der Waals surface area contributed by atoms with E-state index in [0.717, 1.165) is 17.2 Å². The number of hydrogen-bond donors (Lipinski definition) is 3. The number of carbonyl (C=O) groups is 3. The van der Waals surface area contributed by atoms with Gasteiger partial charge < -0.3 is 14.3 Å². The van der Waals surface area contributed by atoms with Crippen LogP contribution in [0.1, 0.15) is 34.8 Å². The zero-order valence-corrected chi connectivity index (χ0v) is 17.4. The van der Waals surface area contributed by atoms with Gasteiger partial charge >= 0.3 is 6.03 Å². The molecule has 0 aromatic heterocycles. The number of anilines is 1. The summed E-state index contributed by atoms with van der Waals surface area (Å²) in [5.74, 6) is 11.2. The molecular weight excluding hydrogens is 388 g/mol. The first kappa shape index (κ1) is 24.8. The van der Waals surface area contributed by atoms with Gasteiger partial charge in [0.15, 0.2) is 5.78 Å². The molecule has 0 bridgehead atoms. The molecule has 0 aliphatic rings. The number of Topliss-reactive ketones (excluding diaryl/α,β-unsaturated/α-hetero) is 1. The Kier molecular flexibility index (Phi) is 10.8. The Morgan fingerprint density at radius 2 is 1.87 bits per heavy atom. The molecule has 5 N–H and O–H groups in total. The zero-order valence-electron chi connectivity index (χ0n) is 17.4. The fraction of sp³-hybridized carbons (Fsp3) is 0.286. The van der Waals surface area contributed by atoms with Crippen molar-refractivity contribution in [1.82, 2.24) is 5.43 Å². The van der Waals surface area contributed by atoms with E-state index in [2.05, 4.69) is 4.74 Å². The summed E-state index contributed by atoms with van der Waals surface area (Å²) in [7, 11) is 1.68. The molecule has 0 atom stereocenters. The second kappa shape index (κ2) is 13.0. The molecule has 2 rings (SSSR count). The molecule has 0 radical (unpaired) electrons. The van der Waals surface area contributed by atoms with Crippen LogP contribution in [-0.2, 0) is 16.1 Å². The second-order valence-corrected chi connectivity index (χ2v) is 6.09. The van der Waals surface area contributed by atoms with Crippen LogP contribution in [0.2, 0.25) is 0 Å². The molecule has 30 heavy (non-hydrogen) atoms. The maximum atomic E-state index is 11.8. The third-order valence-electron chi connectivity index (χ3n) is 4.03. The average molecular weight is 416 g/mol. The third-order valence-corrected chi connectivity index (χ3v) is 4.03. The molecule has 0 saturated carbocycles. The number of para-hydroxylation sites is 1. The van der Waals surface area contributed by atoms with Crippen molar-refractivity contribution < 1.29 is 23.9 Å². The first-order valence-corrected chi connectivity index (χ1v) is 9.22. The summed E-state index contributed by atoms with van der Waals surface area (Å²) in [6.07, 6.45) is 0.428. The molecule has 0 heterocycles. The molecule has 0 unspecified atom stereocenters. The van der Waals surface area contributed by atoms with Crippen LogP contribution in [0.3, 0.4) is 0 Å². The van der Waals surface area contributed by atoms with Gasteiger partial charge in [0.1, 0.15) is 18.6 Å². The maximum Gasteiger partial charge on any atom is 0.350 e. The number of carbonyl (C=O) groups excluding carboxylic acids is 3. The van der Waals surface area contributed by atoms with Crippen LogP contribution in [0.25, 0.3) is 0 Å². The first-order chi connectivity index (χ1) is 14.4. The Labute approximate surface area is 175 Å². The van der Waals surface area contributed by atoms with E-state index in [4.69, 9.17) is 16.4 Å². The molecular formula is C21H28N4O5. The van der Waals surface area contributed by atoms with E-state index in [-0.39, 0.29) is 18.8 Å². The van der Waals surface area contributed by atoms with Crippen LogP contribution >= 0.6 is 0 Å². The number of benzene rings is 2. The number of hydrazine groups is 2. The highest BCUT2D eigenvalue weighted by atomic mass is 16.5. The summed E-state index contributed by atoms with van der Waals surface area (Å²) in [6, 6.07) is 11.3. The number of nitrogens with two attached hydrogens (primary N) is 2. The van der Waals surface area contributed by atoms with Gasteiger partial charge in [0, 0.05) is 24.8 Å². The third kappa shape index (κ3) is 7.28. The van der Waals surface area contributed by atoms with Crippen LogP contribution in [0.4, 0.5) is 10.5 Å². The standard InChI is InChI=1S/C18H20N4O4.C3H8O/c1-12-10-13(16(24)8-9-23)6-7-17(12)26-11-14-4-2-3-5-15(14)22(20)18(25)21-19;1-3-4-2/h2-7,9-10H,8,11,19-20H2,1H3,(H,21,25);3H2,1-2H3. The van der Waals surface area contributed by atoms with Gasteiger partial charge in [-0.25, -0.2) is 21.5 Å². The van der Waals surface area contributed by atoms with E-state index in [1.54, 1.807) is 56.5 Å². The van der Waals surface area contributed by atoms with Crippen molar-refractivity contribution >= 4 is 23.8 Å².